The van der Waals surface area contributed by atoms with E-state index in [1.165, 1.54) is 28.8 Å². The molecule has 0 unspecified atom stereocenters. The van der Waals surface area contributed by atoms with Gasteiger partial charge in [0, 0.05) is 29.1 Å². The number of rotatable bonds is 3. The van der Waals surface area contributed by atoms with E-state index in [1.54, 1.807) is 24.5 Å². The Hall–Kier alpha value is -3.27. The van der Waals surface area contributed by atoms with Crippen LogP contribution >= 0.6 is 0 Å². The van der Waals surface area contributed by atoms with Gasteiger partial charge in [-0.3, -0.25) is 4.98 Å². The van der Waals surface area contributed by atoms with Gasteiger partial charge in [-0.15, -0.1) is 0 Å². The largest absolute Gasteiger partial charge is 0.337 e. The molecule has 1 N–H and O–H groups in total. The summed E-state index contributed by atoms with van der Waals surface area (Å²) in [6, 6.07) is 14.6. The predicted octanol–water partition coefficient (Wildman–Crippen LogP) is 5.87. The Morgan fingerprint density at radius 2 is 1.44 bits per heavy atom. The normalized spacial score (nSPS) is 11.0. The Morgan fingerprint density at radius 1 is 0.815 bits per heavy atom. The van der Waals surface area contributed by atoms with Gasteiger partial charge in [0.1, 0.15) is 11.6 Å². The highest BCUT2D eigenvalue weighted by atomic mass is 19.1. The summed E-state index contributed by atoms with van der Waals surface area (Å²) in [5.74, 6) is 0.557. The van der Waals surface area contributed by atoms with Crippen molar-refractivity contribution in [3.63, 3.8) is 0 Å². The van der Waals surface area contributed by atoms with E-state index in [-0.39, 0.29) is 5.82 Å². The highest BCUT2D eigenvalue weighted by molar-refractivity contribution is 5.82. The summed E-state index contributed by atoms with van der Waals surface area (Å²) >= 11 is 0. The van der Waals surface area contributed by atoms with Gasteiger partial charge in [0.15, 0.2) is 0 Å². The van der Waals surface area contributed by atoms with Gasteiger partial charge in [-0.2, -0.15) is 0 Å². The summed E-state index contributed by atoms with van der Waals surface area (Å²) in [6.07, 6.45) is 3.51. The zero-order valence-electron chi connectivity index (χ0n) is 15.5. The van der Waals surface area contributed by atoms with Gasteiger partial charge in [-0.1, -0.05) is 17.7 Å². The lowest BCUT2D eigenvalue weighted by molar-refractivity contribution is 0.628. The first-order valence-corrected chi connectivity index (χ1v) is 8.87. The molecule has 0 saturated heterocycles. The zero-order valence-corrected chi connectivity index (χ0v) is 15.5. The van der Waals surface area contributed by atoms with Crippen LogP contribution in [0.3, 0.4) is 0 Å². The van der Waals surface area contributed by atoms with Crippen molar-refractivity contribution < 1.29 is 4.39 Å². The highest BCUT2D eigenvalue weighted by Gasteiger charge is 2.17. The molecule has 3 nitrogen and oxygen atoms in total. The summed E-state index contributed by atoms with van der Waals surface area (Å²) < 4.78 is 13.4. The van der Waals surface area contributed by atoms with Crippen molar-refractivity contribution in [2.75, 3.05) is 0 Å². The molecule has 134 valence electrons. The Labute approximate surface area is 158 Å². The summed E-state index contributed by atoms with van der Waals surface area (Å²) in [6.45, 7) is 6.29. The molecular formula is C23H20FN3. The van der Waals surface area contributed by atoms with E-state index >= 15 is 0 Å². The topological polar surface area (TPSA) is 41.6 Å². The number of aryl methyl sites for hydroxylation is 3. The third-order valence-electron chi connectivity index (χ3n) is 4.70. The lowest BCUT2D eigenvalue weighted by atomic mass is 9.99. The van der Waals surface area contributed by atoms with Gasteiger partial charge >= 0.3 is 0 Å². The summed E-state index contributed by atoms with van der Waals surface area (Å²) in [5, 5.41) is 0. The number of imidazole rings is 1. The monoisotopic (exact) mass is 357 g/mol. The summed E-state index contributed by atoms with van der Waals surface area (Å²) in [4.78, 5) is 12.5. The van der Waals surface area contributed by atoms with Crippen LogP contribution in [0.1, 0.15) is 16.7 Å². The molecule has 2 aromatic heterocycles. The third kappa shape index (κ3) is 3.26. The van der Waals surface area contributed by atoms with Crippen molar-refractivity contribution >= 4 is 0 Å². The minimum absolute atomic E-state index is 0.259. The number of pyridine rings is 1. The van der Waals surface area contributed by atoms with Crippen molar-refractivity contribution in [3.05, 3.63) is 83.4 Å². The summed E-state index contributed by atoms with van der Waals surface area (Å²) in [5.41, 5.74) is 8.24. The lowest BCUT2D eigenvalue weighted by Crippen LogP contribution is -1.92. The molecular weight excluding hydrogens is 337 g/mol. The van der Waals surface area contributed by atoms with Gasteiger partial charge in [0.2, 0.25) is 0 Å². The fourth-order valence-corrected chi connectivity index (χ4v) is 3.59. The number of benzene rings is 2. The maximum atomic E-state index is 13.4. The molecule has 0 atom stereocenters. The van der Waals surface area contributed by atoms with Crippen LogP contribution in [0.2, 0.25) is 0 Å². The minimum atomic E-state index is -0.259. The second-order valence-corrected chi connectivity index (χ2v) is 6.83. The van der Waals surface area contributed by atoms with Crippen LogP contribution in [-0.4, -0.2) is 15.0 Å². The Balaban J connectivity index is 1.95. The molecule has 4 aromatic rings. The standard InChI is InChI=1S/C23H20FN3/c1-14-12-15(2)20(16(3)13-14)23-26-21(17-4-6-19(24)7-5-17)22(27-23)18-8-10-25-11-9-18/h4-13H,1-3H3,(H,26,27). The molecule has 0 radical (unpaired) electrons. The Morgan fingerprint density at radius 3 is 2.07 bits per heavy atom. The number of aromatic amines is 1. The highest BCUT2D eigenvalue weighted by Crippen LogP contribution is 2.35. The van der Waals surface area contributed by atoms with Crippen LogP contribution in [0.25, 0.3) is 33.9 Å². The van der Waals surface area contributed by atoms with Crippen molar-refractivity contribution in [1.29, 1.82) is 0 Å². The molecule has 0 amide bonds. The predicted molar refractivity (Wildman–Crippen MR) is 107 cm³/mol. The Kier molecular flexibility index (Phi) is 4.32. The minimum Gasteiger partial charge on any atom is -0.337 e. The molecule has 0 saturated carbocycles. The zero-order chi connectivity index (χ0) is 19.0. The second-order valence-electron chi connectivity index (χ2n) is 6.83. The van der Waals surface area contributed by atoms with Gasteiger partial charge in [-0.25, -0.2) is 9.37 Å². The second kappa shape index (κ2) is 6.80. The fraction of sp³-hybridized carbons (Fsp3) is 0.130. The van der Waals surface area contributed by atoms with E-state index < -0.39 is 0 Å². The first-order chi connectivity index (χ1) is 13.0. The van der Waals surface area contributed by atoms with Crippen LogP contribution in [0.4, 0.5) is 4.39 Å². The molecule has 0 aliphatic carbocycles. The van der Waals surface area contributed by atoms with Crippen molar-refractivity contribution in [2.45, 2.75) is 20.8 Å². The molecule has 2 aromatic carbocycles. The van der Waals surface area contributed by atoms with E-state index in [2.05, 4.69) is 42.9 Å². The SMILES string of the molecule is Cc1cc(C)c(-c2nc(-c3ccc(F)cc3)c(-c3ccncc3)[nH]2)c(C)c1. The molecule has 0 spiro atoms. The van der Waals surface area contributed by atoms with E-state index in [9.17, 15) is 4.39 Å². The van der Waals surface area contributed by atoms with Crippen LogP contribution < -0.4 is 0 Å². The van der Waals surface area contributed by atoms with E-state index in [4.69, 9.17) is 4.98 Å². The lowest BCUT2D eigenvalue weighted by Gasteiger charge is -2.08. The van der Waals surface area contributed by atoms with Gasteiger partial charge < -0.3 is 4.98 Å². The molecule has 2 heterocycles. The van der Waals surface area contributed by atoms with Crippen LogP contribution in [0.5, 0.6) is 0 Å². The van der Waals surface area contributed by atoms with Crippen molar-refractivity contribution in [2.24, 2.45) is 0 Å². The number of hydrogen-bond donors (Lipinski definition) is 1. The third-order valence-corrected chi connectivity index (χ3v) is 4.70. The number of aromatic nitrogens is 3. The van der Waals surface area contributed by atoms with Gasteiger partial charge in [-0.05, 0) is 68.3 Å². The Bertz CT molecular complexity index is 1070. The molecule has 0 fully saturated rings. The average molecular weight is 357 g/mol. The number of H-pyrrole nitrogens is 1. The van der Waals surface area contributed by atoms with Gasteiger partial charge in [0.05, 0.1) is 11.4 Å². The first-order valence-electron chi connectivity index (χ1n) is 8.87. The maximum Gasteiger partial charge on any atom is 0.139 e. The quantitative estimate of drug-likeness (QED) is 0.498. The number of nitrogens with one attached hydrogen (secondary N) is 1. The number of hydrogen-bond acceptors (Lipinski definition) is 2. The maximum absolute atomic E-state index is 13.4. The van der Waals surface area contributed by atoms with Gasteiger partial charge in [0.25, 0.3) is 0 Å². The van der Waals surface area contributed by atoms with E-state index in [0.717, 1.165) is 33.9 Å². The van der Waals surface area contributed by atoms with Crippen molar-refractivity contribution in [1.82, 2.24) is 15.0 Å². The summed E-state index contributed by atoms with van der Waals surface area (Å²) in [7, 11) is 0. The smallest absolute Gasteiger partial charge is 0.139 e. The molecule has 4 rings (SSSR count). The van der Waals surface area contributed by atoms with Crippen LogP contribution in [0.15, 0.2) is 60.9 Å². The molecule has 4 heteroatoms. The van der Waals surface area contributed by atoms with E-state index in [1.807, 2.05) is 12.1 Å². The van der Waals surface area contributed by atoms with Crippen molar-refractivity contribution in [3.8, 4) is 33.9 Å². The number of nitrogens with zero attached hydrogens (tertiary/aromatic N) is 2. The van der Waals surface area contributed by atoms with Crippen LogP contribution in [0, 0.1) is 26.6 Å². The fourth-order valence-electron chi connectivity index (χ4n) is 3.59. The molecule has 27 heavy (non-hydrogen) atoms. The van der Waals surface area contributed by atoms with E-state index in [0.29, 0.717) is 0 Å². The molecule has 0 bridgehead atoms. The molecule has 0 aliphatic heterocycles. The molecule has 0 aliphatic rings. The number of halogens is 1. The average Bonchev–Trinajstić information content (AvgIpc) is 3.07. The first kappa shape index (κ1) is 17.2. The van der Waals surface area contributed by atoms with Crippen LogP contribution in [-0.2, 0) is 0 Å².